The van der Waals surface area contributed by atoms with Crippen molar-refractivity contribution in [1.82, 2.24) is 4.98 Å². The van der Waals surface area contributed by atoms with Crippen molar-refractivity contribution in [2.45, 2.75) is 11.1 Å². The molecule has 0 aliphatic heterocycles. The highest BCUT2D eigenvalue weighted by molar-refractivity contribution is 7.94. The Kier molecular flexibility index (Phi) is 4.24. The van der Waals surface area contributed by atoms with Gasteiger partial charge < -0.3 is 14.5 Å². The van der Waals surface area contributed by atoms with Crippen LogP contribution in [0.4, 0.5) is 5.69 Å². The van der Waals surface area contributed by atoms with Crippen LogP contribution >= 0.6 is 11.3 Å². The summed E-state index contributed by atoms with van der Waals surface area (Å²) in [6, 6.07) is 4.63. The molecule has 1 heterocycles. The number of benzene rings is 1. The number of ether oxygens (including phenoxy) is 2. The van der Waals surface area contributed by atoms with Crippen LogP contribution in [0, 0.1) is 6.92 Å². The molecule has 0 aliphatic rings. The lowest BCUT2D eigenvalue weighted by atomic mass is 10.3. The summed E-state index contributed by atoms with van der Waals surface area (Å²) >= 11 is 0.641. The fraction of sp³-hybridized carbons (Fsp3) is 0.250. The number of anilines is 1. The predicted molar refractivity (Wildman–Crippen MR) is 80.0 cm³/mol. The SMILES string of the molecule is COc1ccc(NS(=O)(=O)c2sc(=O)[nH]c2C)cc1OC. The Morgan fingerprint density at radius 2 is 1.86 bits per heavy atom. The van der Waals surface area contributed by atoms with E-state index in [0.29, 0.717) is 34.2 Å². The minimum atomic E-state index is -3.83. The van der Waals surface area contributed by atoms with Crippen LogP contribution < -0.4 is 19.1 Å². The Morgan fingerprint density at radius 3 is 2.38 bits per heavy atom. The van der Waals surface area contributed by atoms with Crippen molar-refractivity contribution in [1.29, 1.82) is 0 Å². The molecule has 0 bridgehead atoms. The van der Waals surface area contributed by atoms with Crippen molar-refractivity contribution < 1.29 is 17.9 Å². The standard InChI is InChI=1S/C12H14N2O5S2/c1-7-11(20-12(15)13-7)21(16,17)14-8-4-5-9(18-2)10(6-8)19-3/h4-6,14H,1-3H3,(H,13,15). The van der Waals surface area contributed by atoms with Crippen LogP contribution in [0.25, 0.3) is 0 Å². The van der Waals surface area contributed by atoms with Crippen molar-refractivity contribution in [3.63, 3.8) is 0 Å². The van der Waals surface area contributed by atoms with Gasteiger partial charge in [0, 0.05) is 11.8 Å². The second-order valence-electron chi connectivity index (χ2n) is 4.10. The Morgan fingerprint density at radius 1 is 1.19 bits per heavy atom. The van der Waals surface area contributed by atoms with E-state index >= 15 is 0 Å². The highest BCUT2D eigenvalue weighted by Crippen LogP contribution is 2.31. The monoisotopic (exact) mass is 330 g/mol. The minimum absolute atomic E-state index is 0.0396. The van der Waals surface area contributed by atoms with Crippen LogP contribution in [0.5, 0.6) is 11.5 Å². The molecule has 1 aromatic heterocycles. The summed E-state index contributed by atoms with van der Waals surface area (Å²) < 4.78 is 37.1. The molecule has 0 aliphatic carbocycles. The summed E-state index contributed by atoms with van der Waals surface area (Å²) in [6.45, 7) is 1.53. The quantitative estimate of drug-likeness (QED) is 0.867. The largest absolute Gasteiger partial charge is 0.493 e. The highest BCUT2D eigenvalue weighted by atomic mass is 32.2. The molecule has 9 heteroatoms. The molecular formula is C12H14N2O5S2. The number of sulfonamides is 1. The van der Waals surface area contributed by atoms with Gasteiger partial charge in [-0.05, 0) is 19.1 Å². The van der Waals surface area contributed by atoms with Gasteiger partial charge in [-0.2, -0.15) is 0 Å². The van der Waals surface area contributed by atoms with E-state index in [2.05, 4.69) is 9.71 Å². The number of hydrogen-bond acceptors (Lipinski definition) is 6. The smallest absolute Gasteiger partial charge is 0.306 e. The maximum atomic E-state index is 12.3. The highest BCUT2D eigenvalue weighted by Gasteiger charge is 2.21. The number of nitrogens with one attached hydrogen (secondary N) is 2. The lowest BCUT2D eigenvalue weighted by molar-refractivity contribution is 0.355. The summed E-state index contributed by atoms with van der Waals surface area (Å²) in [6.07, 6.45) is 0. The van der Waals surface area contributed by atoms with Gasteiger partial charge in [0.25, 0.3) is 10.0 Å². The molecule has 114 valence electrons. The van der Waals surface area contributed by atoms with Crippen LogP contribution in [0.2, 0.25) is 0 Å². The van der Waals surface area contributed by atoms with Crippen LogP contribution in [0.1, 0.15) is 5.69 Å². The van der Waals surface area contributed by atoms with Crippen LogP contribution in [0.3, 0.4) is 0 Å². The summed E-state index contributed by atoms with van der Waals surface area (Å²) in [5.41, 5.74) is 0.617. The third-order valence-electron chi connectivity index (χ3n) is 2.66. The Bertz CT molecular complexity index is 807. The molecule has 0 fully saturated rings. The number of rotatable bonds is 5. The molecule has 0 unspecified atom stereocenters. The maximum absolute atomic E-state index is 12.3. The number of hydrogen-bond donors (Lipinski definition) is 2. The van der Waals surface area contributed by atoms with Gasteiger partial charge in [0.15, 0.2) is 15.7 Å². The van der Waals surface area contributed by atoms with Gasteiger partial charge in [-0.3, -0.25) is 9.52 Å². The number of methoxy groups -OCH3 is 2. The first-order chi connectivity index (χ1) is 9.87. The first-order valence-electron chi connectivity index (χ1n) is 5.82. The number of aromatic nitrogens is 1. The first kappa shape index (κ1) is 15.4. The number of thiazole rings is 1. The molecule has 0 amide bonds. The maximum Gasteiger partial charge on any atom is 0.306 e. The Balaban J connectivity index is 2.37. The van der Waals surface area contributed by atoms with Crippen LogP contribution in [-0.2, 0) is 10.0 Å². The zero-order valence-corrected chi connectivity index (χ0v) is 13.2. The van der Waals surface area contributed by atoms with Crippen molar-refractivity contribution in [3.8, 4) is 11.5 Å². The molecule has 2 N–H and O–H groups in total. The number of H-pyrrole nitrogens is 1. The minimum Gasteiger partial charge on any atom is -0.493 e. The summed E-state index contributed by atoms with van der Waals surface area (Å²) in [4.78, 5) is 13.3. The van der Waals surface area contributed by atoms with Gasteiger partial charge in [-0.15, -0.1) is 0 Å². The molecular weight excluding hydrogens is 316 g/mol. The molecule has 0 saturated carbocycles. The fourth-order valence-electron chi connectivity index (χ4n) is 1.75. The van der Waals surface area contributed by atoms with E-state index in [1.54, 1.807) is 12.1 Å². The third kappa shape index (κ3) is 3.19. The van der Waals surface area contributed by atoms with Crippen LogP contribution in [0.15, 0.2) is 27.2 Å². The molecule has 0 radical (unpaired) electrons. The van der Waals surface area contributed by atoms with Crippen molar-refractivity contribution >= 4 is 27.0 Å². The van der Waals surface area contributed by atoms with Gasteiger partial charge in [0.2, 0.25) is 0 Å². The van der Waals surface area contributed by atoms with E-state index in [0.717, 1.165) is 0 Å². The zero-order valence-electron chi connectivity index (χ0n) is 11.6. The normalized spacial score (nSPS) is 11.2. The van der Waals surface area contributed by atoms with Crippen molar-refractivity contribution in [3.05, 3.63) is 33.6 Å². The molecule has 0 saturated heterocycles. The van der Waals surface area contributed by atoms with Crippen molar-refractivity contribution in [2.24, 2.45) is 0 Å². The molecule has 7 nitrogen and oxygen atoms in total. The van der Waals surface area contributed by atoms with Crippen LogP contribution in [-0.4, -0.2) is 27.6 Å². The number of aromatic amines is 1. The Hall–Kier alpha value is -2.00. The summed E-state index contributed by atoms with van der Waals surface area (Å²) in [7, 11) is -0.882. The van der Waals surface area contributed by atoms with Gasteiger partial charge in [0.05, 0.1) is 19.9 Å². The Labute approximate surface area is 125 Å². The van der Waals surface area contributed by atoms with E-state index in [9.17, 15) is 13.2 Å². The van der Waals surface area contributed by atoms with Crippen molar-refractivity contribution in [2.75, 3.05) is 18.9 Å². The fourth-order valence-corrected chi connectivity index (χ4v) is 4.10. The lowest BCUT2D eigenvalue weighted by Gasteiger charge is -2.11. The summed E-state index contributed by atoms with van der Waals surface area (Å²) in [5.74, 6) is 0.889. The molecule has 0 atom stereocenters. The number of aryl methyl sites for hydroxylation is 1. The van der Waals surface area contributed by atoms with E-state index in [1.165, 1.54) is 27.2 Å². The van der Waals surface area contributed by atoms with Gasteiger partial charge in [-0.1, -0.05) is 11.3 Å². The molecule has 2 rings (SSSR count). The third-order valence-corrected chi connectivity index (χ3v) is 5.65. The van der Waals surface area contributed by atoms with E-state index in [1.807, 2.05) is 0 Å². The molecule has 21 heavy (non-hydrogen) atoms. The molecule has 1 aromatic carbocycles. The van der Waals surface area contributed by atoms with E-state index in [-0.39, 0.29) is 4.21 Å². The molecule has 2 aromatic rings. The van der Waals surface area contributed by atoms with Gasteiger partial charge >= 0.3 is 4.87 Å². The van der Waals surface area contributed by atoms with E-state index < -0.39 is 14.9 Å². The van der Waals surface area contributed by atoms with E-state index in [4.69, 9.17) is 9.47 Å². The van der Waals surface area contributed by atoms with Gasteiger partial charge in [0.1, 0.15) is 0 Å². The first-order valence-corrected chi connectivity index (χ1v) is 8.12. The lowest BCUT2D eigenvalue weighted by Crippen LogP contribution is -2.12. The average Bonchev–Trinajstić information content (AvgIpc) is 2.78. The molecule has 0 spiro atoms. The van der Waals surface area contributed by atoms with Gasteiger partial charge in [-0.25, -0.2) is 8.42 Å². The second kappa shape index (κ2) is 5.78. The zero-order chi connectivity index (χ0) is 15.6. The summed E-state index contributed by atoms with van der Waals surface area (Å²) in [5, 5.41) is 0. The average molecular weight is 330 g/mol. The predicted octanol–water partition coefficient (Wildman–Crippen LogP) is 1.56. The second-order valence-corrected chi connectivity index (χ2v) is 6.96. The topological polar surface area (TPSA) is 97.5 Å².